The molecule has 0 aliphatic rings. The Kier molecular flexibility index (Phi) is 4.02. The molecule has 0 radical (unpaired) electrons. The van der Waals surface area contributed by atoms with E-state index in [2.05, 4.69) is 20.8 Å². The molecule has 1 amide bonds. The van der Waals surface area contributed by atoms with Gasteiger partial charge in [-0.15, -0.1) is 10.2 Å². The van der Waals surface area contributed by atoms with E-state index in [1.54, 1.807) is 17.9 Å². The van der Waals surface area contributed by atoms with Gasteiger partial charge < -0.3 is 15.2 Å². The summed E-state index contributed by atoms with van der Waals surface area (Å²) in [5.74, 6) is 0.588. The summed E-state index contributed by atoms with van der Waals surface area (Å²) in [6.45, 7) is 3.85. The molecule has 1 unspecified atom stereocenters. The van der Waals surface area contributed by atoms with Crippen LogP contribution < -0.4 is 10.6 Å². The molecule has 1 atom stereocenters. The van der Waals surface area contributed by atoms with Crippen LogP contribution in [0.4, 0.5) is 5.69 Å². The Labute approximate surface area is 118 Å². The smallest absolute Gasteiger partial charge is 0.253 e. The van der Waals surface area contributed by atoms with Crippen molar-refractivity contribution in [2.45, 2.75) is 19.9 Å². The topological polar surface area (TPSA) is 71.8 Å². The highest BCUT2D eigenvalue weighted by molar-refractivity contribution is 5.99. The van der Waals surface area contributed by atoms with Gasteiger partial charge in [-0.2, -0.15) is 0 Å². The minimum absolute atomic E-state index is 0.131. The zero-order valence-corrected chi connectivity index (χ0v) is 12.1. The number of amides is 1. The van der Waals surface area contributed by atoms with Gasteiger partial charge in [0, 0.05) is 19.8 Å². The van der Waals surface area contributed by atoms with Crippen LogP contribution in [0.1, 0.15) is 34.7 Å². The van der Waals surface area contributed by atoms with E-state index in [0.717, 1.165) is 17.1 Å². The number of rotatable bonds is 4. The van der Waals surface area contributed by atoms with Crippen molar-refractivity contribution in [1.29, 1.82) is 0 Å². The summed E-state index contributed by atoms with van der Waals surface area (Å²) in [4.78, 5) is 12.4. The second kappa shape index (κ2) is 5.73. The third-order valence-corrected chi connectivity index (χ3v) is 3.17. The summed E-state index contributed by atoms with van der Waals surface area (Å²) in [5.41, 5.74) is 2.47. The van der Waals surface area contributed by atoms with Gasteiger partial charge in [-0.05, 0) is 26.0 Å². The Morgan fingerprint density at radius 1 is 1.40 bits per heavy atom. The largest absolute Gasteiger partial charge is 0.387 e. The van der Waals surface area contributed by atoms with E-state index in [0.29, 0.717) is 5.56 Å². The van der Waals surface area contributed by atoms with Gasteiger partial charge in [0.25, 0.3) is 5.91 Å². The van der Waals surface area contributed by atoms with Crippen molar-refractivity contribution >= 4 is 11.6 Å². The maximum absolute atomic E-state index is 12.4. The van der Waals surface area contributed by atoms with Crippen molar-refractivity contribution in [2.24, 2.45) is 7.05 Å². The van der Waals surface area contributed by atoms with Crippen LogP contribution in [0.5, 0.6) is 0 Å². The molecule has 0 bridgehead atoms. The highest BCUT2D eigenvalue weighted by Crippen LogP contribution is 2.18. The lowest BCUT2D eigenvalue weighted by Gasteiger charge is -2.15. The fourth-order valence-electron chi connectivity index (χ4n) is 2.09. The Morgan fingerprint density at radius 2 is 2.15 bits per heavy atom. The zero-order chi connectivity index (χ0) is 14.7. The molecule has 0 spiro atoms. The van der Waals surface area contributed by atoms with Gasteiger partial charge in [0.15, 0.2) is 5.82 Å². The first-order chi connectivity index (χ1) is 9.52. The minimum Gasteiger partial charge on any atom is -0.387 e. The van der Waals surface area contributed by atoms with Crippen LogP contribution in [0, 0.1) is 6.92 Å². The normalized spacial score (nSPS) is 12.0. The fraction of sp³-hybridized carbons (Fsp3) is 0.357. The molecule has 2 N–H and O–H groups in total. The SMILES string of the molecule is CNc1ccc(C)cc1C(=O)NC(C)c1nncn1C. The lowest BCUT2D eigenvalue weighted by atomic mass is 10.1. The molecule has 2 rings (SSSR count). The Hall–Kier alpha value is -2.37. The van der Waals surface area contributed by atoms with Gasteiger partial charge in [0.1, 0.15) is 6.33 Å². The number of nitrogens with zero attached hydrogens (tertiary/aromatic N) is 3. The van der Waals surface area contributed by atoms with Crippen molar-refractivity contribution < 1.29 is 4.79 Å². The van der Waals surface area contributed by atoms with Gasteiger partial charge in [-0.3, -0.25) is 4.79 Å². The van der Waals surface area contributed by atoms with Crippen molar-refractivity contribution in [1.82, 2.24) is 20.1 Å². The quantitative estimate of drug-likeness (QED) is 0.888. The van der Waals surface area contributed by atoms with E-state index in [-0.39, 0.29) is 11.9 Å². The van der Waals surface area contributed by atoms with Gasteiger partial charge in [0.05, 0.1) is 11.6 Å². The molecule has 1 heterocycles. The summed E-state index contributed by atoms with van der Waals surface area (Å²) in [5, 5.41) is 13.8. The van der Waals surface area contributed by atoms with Crippen molar-refractivity contribution in [3.8, 4) is 0 Å². The summed E-state index contributed by atoms with van der Waals surface area (Å²) in [6, 6.07) is 5.52. The second-order valence-corrected chi connectivity index (χ2v) is 4.79. The van der Waals surface area contributed by atoms with Crippen LogP contribution in [0.3, 0.4) is 0 Å². The molecular formula is C14H19N5O. The average Bonchev–Trinajstić information content (AvgIpc) is 2.85. The molecule has 0 aliphatic carbocycles. The maximum atomic E-state index is 12.4. The molecule has 1 aromatic heterocycles. The lowest BCUT2D eigenvalue weighted by Crippen LogP contribution is -2.29. The van der Waals surface area contributed by atoms with E-state index in [1.165, 1.54) is 0 Å². The number of hydrogen-bond acceptors (Lipinski definition) is 4. The molecule has 0 aliphatic heterocycles. The monoisotopic (exact) mass is 273 g/mol. The first-order valence-corrected chi connectivity index (χ1v) is 6.46. The number of aromatic nitrogens is 3. The molecular weight excluding hydrogens is 254 g/mol. The highest BCUT2D eigenvalue weighted by Gasteiger charge is 2.17. The van der Waals surface area contributed by atoms with E-state index < -0.39 is 0 Å². The van der Waals surface area contributed by atoms with E-state index in [1.807, 2.05) is 39.1 Å². The number of hydrogen-bond donors (Lipinski definition) is 2. The first-order valence-electron chi connectivity index (χ1n) is 6.46. The van der Waals surface area contributed by atoms with E-state index >= 15 is 0 Å². The predicted molar refractivity (Wildman–Crippen MR) is 77.6 cm³/mol. The molecule has 106 valence electrons. The number of anilines is 1. The number of nitrogens with one attached hydrogen (secondary N) is 2. The first kappa shape index (κ1) is 14.0. The second-order valence-electron chi connectivity index (χ2n) is 4.79. The summed E-state index contributed by atoms with van der Waals surface area (Å²) >= 11 is 0. The number of carbonyl (C=O) groups is 1. The molecule has 0 saturated heterocycles. The molecule has 6 heteroatoms. The molecule has 2 aromatic rings. The summed E-state index contributed by atoms with van der Waals surface area (Å²) in [6.07, 6.45) is 1.61. The number of aryl methyl sites for hydroxylation is 2. The summed E-state index contributed by atoms with van der Waals surface area (Å²) < 4.78 is 1.79. The molecule has 0 saturated carbocycles. The van der Waals surface area contributed by atoms with E-state index in [4.69, 9.17) is 0 Å². The van der Waals surface area contributed by atoms with E-state index in [9.17, 15) is 4.79 Å². The van der Waals surface area contributed by atoms with Gasteiger partial charge >= 0.3 is 0 Å². The molecule has 1 aromatic carbocycles. The maximum Gasteiger partial charge on any atom is 0.253 e. The predicted octanol–water partition coefficient (Wildman–Crippen LogP) is 1.66. The van der Waals surface area contributed by atoms with Gasteiger partial charge in [0.2, 0.25) is 0 Å². The zero-order valence-electron chi connectivity index (χ0n) is 12.1. The average molecular weight is 273 g/mol. The number of carbonyl (C=O) groups excluding carboxylic acids is 1. The van der Waals surface area contributed by atoms with Crippen LogP contribution >= 0.6 is 0 Å². The van der Waals surface area contributed by atoms with Crippen LogP contribution in [-0.2, 0) is 7.05 Å². The lowest BCUT2D eigenvalue weighted by molar-refractivity contribution is 0.0938. The van der Waals surface area contributed by atoms with Crippen molar-refractivity contribution in [3.05, 3.63) is 41.5 Å². The Morgan fingerprint density at radius 3 is 2.75 bits per heavy atom. The van der Waals surface area contributed by atoms with Crippen molar-refractivity contribution in [3.63, 3.8) is 0 Å². The fourth-order valence-corrected chi connectivity index (χ4v) is 2.09. The van der Waals surface area contributed by atoms with Gasteiger partial charge in [-0.25, -0.2) is 0 Å². The number of benzene rings is 1. The van der Waals surface area contributed by atoms with Crippen LogP contribution in [0.15, 0.2) is 24.5 Å². The third-order valence-electron chi connectivity index (χ3n) is 3.17. The Bertz CT molecular complexity index is 620. The highest BCUT2D eigenvalue weighted by atomic mass is 16.1. The standard InChI is InChI=1S/C14H19N5O/c1-9-5-6-12(15-3)11(7-9)14(20)17-10(2)13-18-16-8-19(13)4/h5-8,10,15H,1-4H3,(H,17,20). The third kappa shape index (κ3) is 2.79. The molecule has 6 nitrogen and oxygen atoms in total. The van der Waals surface area contributed by atoms with Crippen LogP contribution in [0.25, 0.3) is 0 Å². The van der Waals surface area contributed by atoms with Crippen LogP contribution in [-0.4, -0.2) is 27.7 Å². The molecule has 20 heavy (non-hydrogen) atoms. The molecule has 0 fully saturated rings. The Balaban J connectivity index is 2.20. The minimum atomic E-state index is -0.208. The van der Waals surface area contributed by atoms with Gasteiger partial charge in [-0.1, -0.05) is 11.6 Å². The van der Waals surface area contributed by atoms with Crippen LogP contribution in [0.2, 0.25) is 0 Å². The van der Waals surface area contributed by atoms with Crippen molar-refractivity contribution in [2.75, 3.05) is 12.4 Å². The summed E-state index contributed by atoms with van der Waals surface area (Å²) in [7, 11) is 3.65.